The number of ether oxygens (including phenoxy) is 1. The van der Waals surface area contributed by atoms with Crippen LogP contribution in [-0.2, 0) is 9.53 Å². The fraction of sp³-hybridized carbons (Fsp3) is 0.455. The Bertz CT molecular complexity index is 545. The minimum atomic E-state index is -0.0819. The maximum atomic E-state index is 11.9. The smallest absolute Gasteiger partial charge is 0.240 e. The van der Waals surface area contributed by atoms with Crippen LogP contribution in [0.1, 0.15) is 11.1 Å². The van der Waals surface area contributed by atoms with Crippen molar-refractivity contribution in [1.82, 2.24) is 20.1 Å². The molecule has 1 unspecified atom stereocenters. The average Bonchev–Trinajstić information content (AvgIpc) is 3.11. The predicted octanol–water partition coefficient (Wildman–Crippen LogP) is 1.01. The molecule has 0 radical (unpaired) electrons. The first-order valence-corrected chi connectivity index (χ1v) is 7.86. The molecule has 9 heteroatoms. The largest absolute Gasteiger partial charge is 0.368 e. The van der Waals surface area contributed by atoms with E-state index < -0.39 is 0 Å². The molecule has 106 valence electrons. The molecule has 1 amide bonds. The van der Waals surface area contributed by atoms with Gasteiger partial charge in [0.15, 0.2) is 0 Å². The summed E-state index contributed by atoms with van der Waals surface area (Å²) in [5.41, 5.74) is 1.59. The van der Waals surface area contributed by atoms with Crippen LogP contribution in [0.5, 0.6) is 0 Å². The van der Waals surface area contributed by atoms with Gasteiger partial charge < -0.3 is 4.74 Å². The van der Waals surface area contributed by atoms with Gasteiger partial charge in [0.1, 0.15) is 16.6 Å². The Hall–Kier alpha value is -1.42. The summed E-state index contributed by atoms with van der Waals surface area (Å²) in [4.78, 5) is 18.2. The van der Waals surface area contributed by atoms with E-state index in [1.807, 2.05) is 5.38 Å². The summed E-state index contributed by atoms with van der Waals surface area (Å²) in [7, 11) is 0. The first-order chi connectivity index (χ1) is 9.81. The van der Waals surface area contributed by atoms with Crippen LogP contribution < -0.4 is 5.32 Å². The van der Waals surface area contributed by atoms with Crippen molar-refractivity contribution in [2.75, 3.05) is 31.6 Å². The molecule has 0 spiro atoms. The highest BCUT2D eigenvalue weighted by Gasteiger charge is 2.25. The molecule has 20 heavy (non-hydrogen) atoms. The second kappa shape index (κ2) is 6.35. The number of nitrogens with one attached hydrogen (secondary N) is 1. The first kappa shape index (κ1) is 13.6. The van der Waals surface area contributed by atoms with Gasteiger partial charge in [0.05, 0.1) is 13.2 Å². The third-order valence-electron chi connectivity index (χ3n) is 2.85. The van der Waals surface area contributed by atoms with Crippen molar-refractivity contribution in [1.29, 1.82) is 0 Å². The van der Waals surface area contributed by atoms with Gasteiger partial charge in [-0.25, -0.2) is 4.98 Å². The van der Waals surface area contributed by atoms with Crippen LogP contribution in [0, 0.1) is 0 Å². The molecule has 1 saturated heterocycles. The highest BCUT2D eigenvalue weighted by atomic mass is 32.1. The maximum absolute atomic E-state index is 11.9. The van der Waals surface area contributed by atoms with Gasteiger partial charge >= 0.3 is 0 Å². The molecule has 7 nitrogen and oxygen atoms in total. The number of rotatable bonds is 4. The van der Waals surface area contributed by atoms with Crippen molar-refractivity contribution in [3.8, 4) is 0 Å². The number of morpholine rings is 1. The van der Waals surface area contributed by atoms with Crippen LogP contribution >= 0.6 is 22.7 Å². The van der Waals surface area contributed by atoms with E-state index >= 15 is 0 Å². The molecule has 3 heterocycles. The zero-order valence-corrected chi connectivity index (χ0v) is 12.2. The molecule has 1 N–H and O–H groups in total. The molecule has 1 fully saturated rings. The Kier molecular flexibility index (Phi) is 4.31. The van der Waals surface area contributed by atoms with Gasteiger partial charge in [-0.1, -0.05) is 11.3 Å². The summed E-state index contributed by atoms with van der Waals surface area (Å²) >= 11 is 2.88. The quantitative estimate of drug-likeness (QED) is 0.907. The van der Waals surface area contributed by atoms with Crippen LogP contribution in [0.15, 0.2) is 17.1 Å². The number of hydrogen-bond acceptors (Lipinski definition) is 8. The SMILES string of the molecule is O=C(CN1CCOC(c2nccs2)C1)Nc1nncs1. The highest BCUT2D eigenvalue weighted by molar-refractivity contribution is 7.13. The predicted molar refractivity (Wildman–Crippen MR) is 75.8 cm³/mol. The molecule has 0 aliphatic carbocycles. The molecule has 3 rings (SSSR count). The Morgan fingerprint density at radius 3 is 3.25 bits per heavy atom. The lowest BCUT2D eigenvalue weighted by Gasteiger charge is -2.31. The Morgan fingerprint density at radius 1 is 1.55 bits per heavy atom. The standard InChI is InChI=1S/C11H13N5O2S2/c17-9(14-11-15-13-7-20-11)6-16-2-3-18-8(5-16)10-12-1-4-19-10/h1,4,7-8H,2-3,5-6H2,(H,14,15,17). The van der Waals surface area contributed by atoms with Crippen molar-refractivity contribution in [3.05, 3.63) is 22.1 Å². The monoisotopic (exact) mass is 311 g/mol. The fourth-order valence-electron chi connectivity index (χ4n) is 1.98. The van der Waals surface area contributed by atoms with Crippen molar-refractivity contribution in [2.24, 2.45) is 0 Å². The second-order valence-corrected chi connectivity index (χ2v) is 6.02. The van der Waals surface area contributed by atoms with Gasteiger partial charge in [0.25, 0.3) is 0 Å². The van der Waals surface area contributed by atoms with E-state index in [1.54, 1.807) is 23.0 Å². The highest BCUT2D eigenvalue weighted by Crippen LogP contribution is 2.23. The lowest BCUT2D eigenvalue weighted by Crippen LogP contribution is -2.42. The molecule has 0 saturated carbocycles. The number of carbonyl (C=O) groups excluding carboxylic acids is 1. The number of anilines is 1. The molecule has 1 atom stereocenters. The molecule has 0 aromatic carbocycles. The summed E-state index contributed by atoms with van der Waals surface area (Å²) in [6.07, 6.45) is 1.72. The summed E-state index contributed by atoms with van der Waals surface area (Å²) in [5.74, 6) is -0.0819. The number of carbonyl (C=O) groups is 1. The van der Waals surface area contributed by atoms with Crippen molar-refractivity contribution in [2.45, 2.75) is 6.10 Å². The number of thiazole rings is 1. The minimum Gasteiger partial charge on any atom is -0.368 e. The van der Waals surface area contributed by atoms with Crippen molar-refractivity contribution in [3.63, 3.8) is 0 Å². The van der Waals surface area contributed by atoms with Crippen LogP contribution in [0.3, 0.4) is 0 Å². The molecule has 1 aliphatic rings. The van der Waals surface area contributed by atoms with E-state index in [4.69, 9.17) is 4.74 Å². The van der Waals surface area contributed by atoms with Gasteiger partial charge in [-0.05, 0) is 0 Å². The van der Waals surface area contributed by atoms with Gasteiger partial charge in [0, 0.05) is 24.7 Å². The number of aromatic nitrogens is 3. The Balaban J connectivity index is 1.53. The lowest BCUT2D eigenvalue weighted by atomic mass is 10.3. The number of amides is 1. The van der Waals surface area contributed by atoms with Crippen molar-refractivity contribution < 1.29 is 9.53 Å². The van der Waals surface area contributed by atoms with E-state index in [0.29, 0.717) is 24.8 Å². The summed E-state index contributed by atoms with van der Waals surface area (Å²) < 4.78 is 5.69. The summed E-state index contributed by atoms with van der Waals surface area (Å²) in [5, 5.41) is 13.6. The summed E-state index contributed by atoms with van der Waals surface area (Å²) in [6.45, 7) is 2.35. The van der Waals surface area contributed by atoms with Gasteiger partial charge in [0.2, 0.25) is 11.0 Å². The Labute approximate surface area is 123 Å². The molecule has 1 aliphatic heterocycles. The van der Waals surface area contributed by atoms with E-state index in [-0.39, 0.29) is 12.0 Å². The van der Waals surface area contributed by atoms with Crippen LogP contribution in [-0.4, -0.2) is 52.2 Å². The molecular formula is C11H13N5O2S2. The van der Waals surface area contributed by atoms with Crippen LogP contribution in [0.4, 0.5) is 5.13 Å². The van der Waals surface area contributed by atoms with E-state index in [1.165, 1.54) is 11.3 Å². The van der Waals surface area contributed by atoms with Crippen molar-refractivity contribution >= 4 is 33.7 Å². The topological polar surface area (TPSA) is 80.2 Å². The van der Waals surface area contributed by atoms with Gasteiger partial charge in [-0.15, -0.1) is 21.5 Å². The van der Waals surface area contributed by atoms with E-state index in [9.17, 15) is 4.79 Å². The van der Waals surface area contributed by atoms with E-state index in [2.05, 4.69) is 25.4 Å². The first-order valence-electron chi connectivity index (χ1n) is 6.10. The van der Waals surface area contributed by atoms with Crippen LogP contribution in [0.25, 0.3) is 0 Å². The zero-order chi connectivity index (χ0) is 13.8. The third kappa shape index (κ3) is 3.37. The van der Waals surface area contributed by atoms with Gasteiger partial charge in [-0.2, -0.15) is 0 Å². The average molecular weight is 311 g/mol. The van der Waals surface area contributed by atoms with Gasteiger partial charge in [-0.3, -0.25) is 15.0 Å². The number of nitrogens with zero attached hydrogens (tertiary/aromatic N) is 4. The van der Waals surface area contributed by atoms with E-state index in [0.717, 1.165) is 11.6 Å². The Morgan fingerprint density at radius 2 is 2.50 bits per heavy atom. The second-order valence-electron chi connectivity index (χ2n) is 4.26. The molecular weight excluding hydrogens is 298 g/mol. The molecule has 2 aromatic heterocycles. The fourth-order valence-corrected chi connectivity index (χ4v) is 3.12. The van der Waals surface area contributed by atoms with Crippen LogP contribution in [0.2, 0.25) is 0 Å². The maximum Gasteiger partial charge on any atom is 0.240 e. The molecule has 0 bridgehead atoms. The normalized spacial score (nSPS) is 19.9. The molecule has 2 aromatic rings. The zero-order valence-electron chi connectivity index (χ0n) is 10.6. The number of hydrogen-bond donors (Lipinski definition) is 1. The minimum absolute atomic E-state index is 0.0434. The third-order valence-corrected chi connectivity index (χ3v) is 4.33. The summed E-state index contributed by atoms with van der Waals surface area (Å²) in [6, 6.07) is 0. The lowest BCUT2D eigenvalue weighted by molar-refractivity contribution is -0.119.